The highest BCUT2D eigenvalue weighted by atomic mass is 19.1. The Morgan fingerprint density at radius 2 is 2.05 bits per heavy atom. The minimum absolute atomic E-state index is 0.224. The SMILES string of the molecule is Cc1ccc(Oc2c(F)cccc2C(=O)O)c([N+](=O)[O-])c1. The van der Waals surface area contributed by atoms with E-state index in [4.69, 9.17) is 9.84 Å². The Morgan fingerprint density at radius 3 is 2.67 bits per heavy atom. The molecule has 0 atom stereocenters. The Hall–Kier alpha value is -2.96. The number of halogens is 1. The first-order chi connectivity index (χ1) is 9.90. The molecule has 0 aliphatic rings. The van der Waals surface area contributed by atoms with Crippen LogP contribution in [0.25, 0.3) is 0 Å². The Morgan fingerprint density at radius 1 is 1.33 bits per heavy atom. The topological polar surface area (TPSA) is 89.7 Å². The fourth-order valence-corrected chi connectivity index (χ4v) is 1.75. The quantitative estimate of drug-likeness (QED) is 0.687. The first-order valence-electron chi connectivity index (χ1n) is 5.85. The van der Waals surface area contributed by atoms with Crippen molar-refractivity contribution in [1.29, 1.82) is 0 Å². The molecule has 7 heteroatoms. The molecule has 0 aliphatic carbocycles. The van der Waals surface area contributed by atoms with Crippen molar-refractivity contribution in [3.05, 3.63) is 63.5 Å². The highest BCUT2D eigenvalue weighted by Gasteiger charge is 2.21. The molecule has 0 saturated heterocycles. The van der Waals surface area contributed by atoms with Crippen LogP contribution in [0.5, 0.6) is 11.5 Å². The van der Waals surface area contributed by atoms with Gasteiger partial charge in [-0.2, -0.15) is 0 Å². The Labute approximate surface area is 118 Å². The number of ether oxygens (including phenoxy) is 1. The number of rotatable bonds is 4. The van der Waals surface area contributed by atoms with E-state index in [9.17, 15) is 19.3 Å². The summed E-state index contributed by atoms with van der Waals surface area (Å²) in [7, 11) is 0. The fourth-order valence-electron chi connectivity index (χ4n) is 1.75. The molecule has 0 aromatic heterocycles. The van der Waals surface area contributed by atoms with Gasteiger partial charge in [0.05, 0.1) is 4.92 Å². The van der Waals surface area contributed by atoms with E-state index in [0.29, 0.717) is 5.56 Å². The average Bonchev–Trinajstić information content (AvgIpc) is 2.42. The molecule has 0 heterocycles. The van der Waals surface area contributed by atoms with Crippen molar-refractivity contribution in [1.82, 2.24) is 0 Å². The fraction of sp³-hybridized carbons (Fsp3) is 0.0714. The van der Waals surface area contributed by atoms with Gasteiger partial charge in [-0.25, -0.2) is 9.18 Å². The summed E-state index contributed by atoms with van der Waals surface area (Å²) in [6, 6.07) is 7.49. The first-order valence-corrected chi connectivity index (χ1v) is 5.85. The van der Waals surface area contributed by atoms with Crippen molar-refractivity contribution in [2.75, 3.05) is 0 Å². The molecule has 2 rings (SSSR count). The smallest absolute Gasteiger partial charge is 0.339 e. The highest BCUT2D eigenvalue weighted by molar-refractivity contribution is 5.91. The highest BCUT2D eigenvalue weighted by Crippen LogP contribution is 2.35. The maximum atomic E-state index is 13.8. The number of nitrogens with zero attached hydrogens (tertiary/aromatic N) is 1. The van der Waals surface area contributed by atoms with Gasteiger partial charge in [0.1, 0.15) is 5.56 Å². The summed E-state index contributed by atoms with van der Waals surface area (Å²) in [4.78, 5) is 21.4. The van der Waals surface area contributed by atoms with Gasteiger partial charge in [-0.05, 0) is 30.7 Å². The lowest BCUT2D eigenvalue weighted by Gasteiger charge is -2.10. The second kappa shape index (κ2) is 5.58. The summed E-state index contributed by atoms with van der Waals surface area (Å²) in [5, 5.41) is 20.0. The van der Waals surface area contributed by atoms with Crippen LogP contribution in [0.15, 0.2) is 36.4 Å². The summed E-state index contributed by atoms with van der Waals surface area (Å²) >= 11 is 0. The lowest BCUT2D eigenvalue weighted by molar-refractivity contribution is -0.385. The zero-order valence-corrected chi connectivity index (χ0v) is 10.9. The van der Waals surface area contributed by atoms with Gasteiger partial charge < -0.3 is 9.84 Å². The van der Waals surface area contributed by atoms with E-state index < -0.39 is 28.0 Å². The molecule has 0 bridgehead atoms. The number of carbonyl (C=O) groups is 1. The molecule has 0 fully saturated rings. The van der Waals surface area contributed by atoms with Gasteiger partial charge in [0.25, 0.3) is 0 Å². The van der Waals surface area contributed by atoms with Crippen LogP contribution in [-0.4, -0.2) is 16.0 Å². The molecule has 2 aromatic rings. The number of hydrogen-bond donors (Lipinski definition) is 1. The van der Waals surface area contributed by atoms with Gasteiger partial charge in [-0.15, -0.1) is 0 Å². The number of carboxylic acid groups (broad SMARTS) is 1. The molecule has 2 aromatic carbocycles. The van der Waals surface area contributed by atoms with E-state index in [2.05, 4.69) is 0 Å². The molecular weight excluding hydrogens is 281 g/mol. The molecule has 0 amide bonds. The zero-order valence-electron chi connectivity index (χ0n) is 10.9. The predicted molar refractivity (Wildman–Crippen MR) is 71.3 cm³/mol. The van der Waals surface area contributed by atoms with E-state index in [1.807, 2.05) is 0 Å². The van der Waals surface area contributed by atoms with Crippen LogP contribution in [0.1, 0.15) is 15.9 Å². The van der Waals surface area contributed by atoms with E-state index >= 15 is 0 Å². The average molecular weight is 291 g/mol. The third-order valence-electron chi connectivity index (χ3n) is 2.72. The molecule has 6 nitrogen and oxygen atoms in total. The molecule has 0 radical (unpaired) electrons. The number of aromatic carboxylic acids is 1. The van der Waals surface area contributed by atoms with Crippen LogP contribution in [0.3, 0.4) is 0 Å². The summed E-state index contributed by atoms with van der Waals surface area (Å²) < 4.78 is 18.9. The summed E-state index contributed by atoms with van der Waals surface area (Å²) in [6.07, 6.45) is 0. The van der Waals surface area contributed by atoms with E-state index in [-0.39, 0.29) is 11.4 Å². The van der Waals surface area contributed by atoms with E-state index in [0.717, 1.165) is 12.1 Å². The molecular formula is C14H10FNO5. The van der Waals surface area contributed by atoms with Gasteiger partial charge in [0, 0.05) is 6.07 Å². The van der Waals surface area contributed by atoms with Crippen LogP contribution >= 0.6 is 0 Å². The number of nitro groups is 1. The molecule has 108 valence electrons. The van der Waals surface area contributed by atoms with Crippen molar-refractivity contribution in [3.63, 3.8) is 0 Å². The second-order valence-electron chi connectivity index (χ2n) is 4.25. The summed E-state index contributed by atoms with van der Waals surface area (Å²) in [5.41, 5.74) is -0.152. The van der Waals surface area contributed by atoms with E-state index in [1.165, 1.54) is 18.2 Å². The monoisotopic (exact) mass is 291 g/mol. The van der Waals surface area contributed by atoms with E-state index in [1.54, 1.807) is 13.0 Å². The lowest BCUT2D eigenvalue weighted by Crippen LogP contribution is -2.03. The largest absolute Gasteiger partial charge is 0.478 e. The Kier molecular flexibility index (Phi) is 3.84. The third kappa shape index (κ3) is 2.97. The molecule has 0 unspecified atom stereocenters. The van der Waals surface area contributed by atoms with Crippen molar-refractivity contribution < 1.29 is 24.0 Å². The van der Waals surface area contributed by atoms with Gasteiger partial charge in [0.15, 0.2) is 11.6 Å². The van der Waals surface area contributed by atoms with Crippen LogP contribution in [0.2, 0.25) is 0 Å². The number of para-hydroxylation sites is 1. The number of aryl methyl sites for hydroxylation is 1. The molecule has 21 heavy (non-hydrogen) atoms. The maximum absolute atomic E-state index is 13.8. The van der Waals surface area contributed by atoms with Crippen molar-refractivity contribution in [2.45, 2.75) is 6.92 Å². The van der Waals surface area contributed by atoms with Gasteiger partial charge >= 0.3 is 11.7 Å². The van der Waals surface area contributed by atoms with Gasteiger partial charge in [-0.1, -0.05) is 12.1 Å². The molecule has 0 spiro atoms. The second-order valence-corrected chi connectivity index (χ2v) is 4.25. The van der Waals surface area contributed by atoms with Crippen LogP contribution in [0.4, 0.5) is 10.1 Å². The Bertz CT molecular complexity index is 729. The maximum Gasteiger partial charge on any atom is 0.339 e. The normalized spacial score (nSPS) is 10.2. The zero-order chi connectivity index (χ0) is 15.6. The predicted octanol–water partition coefficient (Wildman–Crippen LogP) is 3.53. The molecule has 0 saturated carbocycles. The first kappa shape index (κ1) is 14.4. The number of carboxylic acids is 1. The minimum atomic E-state index is -1.39. The van der Waals surface area contributed by atoms with Crippen LogP contribution in [-0.2, 0) is 0 Å². The Balaban J connectivity index is 2.53. The number of benzene rings is 2. The third-order valence-corrected chi connectivity index (χ3v) is 2.72. The number of hydrogen-bond acceptors (Lipinski definition) is 4. The van der Waals surface area contributed by atoms with Crippen LogP contribution in [0, 0.1) is 22.9 Å². The van der Waals surface area contributed by atoms with Crippen molar-refractivity contribution in [2.24, 2.45) is 0 Å². The standard InChI is InChI=1S/C14H10FNO5/c1-8-5-6-12(11(7-8)16(19)20)21-13-9(14(17)18)3-2-4-10(13)15/h2-7H,1H3,(H,17,18). The van der Waals surface area contributed by atoms with Gasteiger partial charge in [-0.3, -0.25) is 10.1 Å². The van der Waals surface area contributed by atoms with Crippen LogP contribution < -0.4 is 4.74 Å². The summed E-state index contributed by atoms with van der Waals surface area (Å²) in [6.45, 7) is 1.66. The number of nitro benzene ring substituents is 1. The molecule has 0 aliphatic heterocycles. The van der Waals surface area contributed by atoms with Crippen molar-refractivity contribution >= 4 is 11.7 Å². The van der Waals surface area contributed by atoms with Crippen molar-refractivity contribution in [3.8, 4) is 11.5 Å². The lowest BCUT2D eigenvalue weighted by atomic mass is 10.2. The van der Waals surface area contributed by atoms with Gasteiger partial charge in [0.2, 0.25) is 5.75 Å². The molecule has 1 N–H and O–H groups in total. The minimum Gasteiger partial charge on any atom is -0.478 e. The summed E-state index contributed by atoms with van der Waals surface area (Å²) in [5.74, 6) is -3.08.